The van der Waals surface area contributed by atoms with E-state index in [1.165, 1.54) is 0 Å². The highest BCUT2D eigenvalue weighted by Gasteiger charge is 2.13. The van der Waals surface area contributed by atoms with Gasteiger partial charge >= 0.3 is 17.9 Å². The summed E-state index contributed by atoms with van der Waals surface area (Å²) in [5, 5.41) is 53.4. The molecule has 0 bridgehead atoms. The van der Waals surface area contributed by atoms with Crippen molar-refractivity contribution in [3.8, 4) is 17.2 Å². The summed E-state index contributed by atoms with van der Waals surface area (Å²) < 4.78 is 8.65. The highest BCUT2D eigenvalue weighted by atomic mass is 16.6. The van der Waals surface area contributed by atoms with Crippen LogP contribution in [0.2, 0.25) is 0 Å². The van der Waals surface area contributed by atoms with E-state index in [0.29, 0.717) is 0 Å². The van der Waals surface area contributed by atoms with Crippen molar-refractivity contribution in [3.05, 3.63) is 18.2 Å². The first kappa shape index (κ1) is 26.8. The number of phenolic OH excluding ortho intramolecular Hbond substituents is 3. The van der Waals surface area contributed by atoms with Gasteiger partial charge in [-0.25, -0.2) is 0 Å². The predicted molar refractivity (Wildman–Crippen MR) is 94.1 cm³/mol. The molecule has 31 heavy (non-hydrogen) atoms. The van der Waals surface area contributed by atoms with Gasteiger partial charge in [-0.15, -0.1) is 0 Å². The molecule has 13 nitrogen and oxygen atoms in total. The Morgan fingerprint density at radius 3 is 1.32 bits per heavy atom. The zero-order chi connectivity index (χ0) is 24.0. The van der Waals surface area contributed by atoms with E-state index in [9.17, 15) is 34.2 Å². The molecule has 0 radical (unpaired) electrons. The van der Waals surface area contributed by atoms with Crippen LogP contribution in [0.4, 0.5) is 0 Å². The van der Waals surface area contributed by atoms with E-state index in [1.54, 1.807) is 0 Å². The van der Waals surface area contributed by atoms with Crippen LogP contribution in [0.15, 0.2) is 18.2 Å². The van der Waals surface area contributed by atoms with Gasteiger partial charge in [0.25, 0.3) is 0 Å². The van der Waals surface area contributed by atoms with E-state index >= 15 is 0 Å². The Morgan fingerprint density at radius 1 is 0.645 bits per heavy atom. The predicted octanol–water partition coefficient (Wildman–Crippen LogP) is -1.78. The lowest BCUT2D eigenvalue weighted by molar-refractivity contribution is -0.307. The van der Waals surface area contributed by atoms with Crippen LogP contribution in [0.3, 0.4) is 0 Å². The van der Waals surface area contributed by atoms with Crippen molar-refractivity contribution in [2.75, 3.05) is 0 Å². The lowest BCUT2D eigenvalue weighted by Crippen LogP contribution is -2.24. The van der Waals surface area contributed by atoms with Crippen molar-refractivity contribution in [1.82, 2.24) is 0 Å². The Labute approximate surface area is 175 Å². The molecule has 0 aliphatic rings. The number of carbonyl (C=O) groups is 5. The lowest BCUT2D eigenvalue weighted by atomic mass is 10.3. The van der Waals surface area contributed by atoms with Gasteiger partial charge in [-0.05, 0) is 12.8 Å². The molecule has 0 amide bonds. The molecule has 0 aromatic heterocycles. The van der Waals surface area contributed by atoms with E-state index in [-0.39, 0.29) is 23.7 Å². The summed E-state index contributed by atoms with van der Waals surface area (Å²) in [5.41, 5.74) is 0. The fraction of sp³-hybridized carbons (Fsp3) is 0.333. The molecule has 0 spiro atoms. The van der Waals surface area contributed by atoms with Crippen molar-refractivity contribution in [2.24, 2.45) is 0 Å². The van der Waals surface area contributed by atoms with E-state index in [2.05, 4.69) is 9.47 Å². The molecule has 0 aliphatic heterocycles. The Balaban J connectivity index is 0.000000823. The van der Waals surface area contributed by atoms with Crippen molar-refractivity contribution in [1.29, 1.82) is 5.41 Å². The van der Waals surface area contributed by atoms with Gasteiger partial charge in [-0.1, -0.05) is 0 Å². The first-order valence-electron chi connectivity index (χ1n) is 8.52. The van der Waals surface area contributed by atoms with E-state index in [1.807, 2.05) is 0 Å². The number of phenols is 3. The van der Waals surface area contributed by atoms with Gasteiger partial charge in [0.15, 0.2) is 5.90 Å². The second kappa shape index (κ2) is 13.9. The molecule has 0 fully saturated rings. The van der Waals surface area contributed by atoms with Crippen molar-refractivity contribution >= 4 is 35.7 Å². The molecule has 1 rings (SSSR count). The normalized spacial score (nSPS) is 9.55. The maximum absolute atomic E-state index is 11.2. The molecule has 170 valence electrons. The number of hydrogen-bond donors (Lipinski definition) is 4. The van der Waals surface area contributed by atoms with Gasteiger partial charge in [-0.2, -0.15) is 0 Å². The fourth-order valence-electron chi connectivity index (χ4n) is 1.67. The number of hydrogen-bond acceptors (Lipinski definition) is 13. The number of carboxylic acids is 2. The largest absolute Gasteiger partial charge is 0.550 e. The number of esters is 3. The number of aliphatic carboxylic acids is 2. The van der Waals surface area contributed by atoms with E-state index in [0.717, 1.165) is 18.2 Å². The van der Waals surface area contributed by atoms with Crippen molar-refractivity contribution < 1.29 is 59.0 Å². The van der Waals surface area contributed by atoms with Crippen LogP contribution < -0.4 is 10.2 Å². The van der Waals surface area contributed by atoms with Gasteiger partial charge in [0, 0.05) is 36.6 Å². The second-order valence-electron chi connectivity index (χ2n) is 5.69. The van der Waals surface area contributed by atoms with Gasteiger partial charge in [0.2, 0.25) is 0 Å². The molecule has 0 heterocycles. The maximum Gasteiger partial charge on any atom is 0.313 e. The van der Waals surface area contributed by atoms with Gasteiger partial charge in [0.1, 0.15) is 17.2 Å². The summed E-state index contributed by atoms with van der Waals surface area (Å²) in [7, 11) is 0. The minimum atomic E-state index is -1.46. The molecule has 0 atom stereocenters. The van der Waals surface area contributed by atoms with Gasteiger partial charge < -0.3 is 44.6 Å². The number of ether oxygens (including phenoxy) is 2. The first-order chi connectivity index (χ1) is 14.4. The number of benzene rings is 1. The summed E-state index contributed by atoms with van der Waals surface area (Å²) in [6.07, 6.45) is -2.92. The van der Waals surface area contributed by atoms with Crippen LogP contribution in [0, 0.1) is 5.41 Å². The van der Waals surface area contributed by atoms with Crippen molar-refractivity contribution in [2.45, 2.75) is 38.5 Å². The van der Waals surface area contributed by atoms with Crippen LogP contribution in [0.5, 0.6) is 17.2 Å². The minimum Gasteiger partial charge on any atom is -0.550 e. The Hall–Kier alpha value is -4.16. The first-order valence-corrected chi connectivity index (χ1v) is 8.52. The van der Waals surface area contributed by atoms with Crippen LogP contribution >= 0.6 is 0 Å². The Kier molecular flexibility index (Phi) is 12.1. The highest BCUT2D eigenvalue weighted by molar-refractivity contribution is 5.91. The summed E-state index contributed by atoms with van der Waals surface area (Å²) in [4.78, 5) is 53.4. The summed E-state index contributed by atoms with van der Waals surface area (Å²) in [6, 6.07) is 3.42. The molecular formula is C18H19NO12-2. The van der Waals surface area contributed by atoms with Gasteiger partial charge in [-0.3, -0.25) is 19.8 Å². The third-order valence-electron chi connectivity index (χ3n) is 2.97. The number of nitrogens with one attached hydrogen (secondary N) is 1. The zero-order valence-electron chi connectivity index (χ0n) is 16.0. The standard InChI is InChI=1S/C12H15NO9.C6H6O3/c13-7(21-10(18)5-2-8(14)15)1-4-11(19)22-12(20)6-3-9(16)17;7-4-1-5(8)3-6(9)2-4/h13H,1-6H2,(H,14,15)(H,16,17);1-3,7-9H/p-2. The third kappa shape index (κ3) is 15.4. The SMILES string of the molecule is N=C(CCC(=O)OC(=O)CCC(=O)[O-])OC(=O)CCC(=O)[O-].Oc1cc(O)cc(O)c1. The molecule has 0 aliphatic carbocycles. The number of carbonyl (C=O) groups excluding carboxylic acids is 5. The zero-order valence-corrected chi connectivity index (χ0v) is 16.0. The second-order valence-corrected chi connectivity index (χ2v) is 5.69. The number of carboxylic acid groups (broad SMARTS) is 2. The van der Waals surface area contributed by atoms with Crippen LogP contribution in [-0.2, 0) is 33.4 Å². The summed E-state index contributed by atoms with van der Waals surface area (Å²) >= 11 is 0. The van der Waals surface area contributed by atoms with Crippen LogP contribution in [0.1, 0.15) is 38.5 Å². The molecule has 4 N–H and O–H groups in total. The minimum absolute atomic E-state index is 0.146. The molecule has 13 heteroatoms. The molecule has 0 saturated heterocycles. The molecule has 1 aromatic carbocycles. The molecule has 1 aromatic rings. The Morgan fingerprint density at radius 2 is 0.968 bits per heavy atom. The average molecular weight is 441 g/mol. The number of rotatable bonds is 9. The van der Waals surface area contributed by atoms with Crippen molar-refractivity contribution in [3.63, 3.8) is 0 Å². The highest BCUT2D eigenvalue weighted by Crippen LogP contribution is 2.23. The topological polar surface area (TPSA) is 234 Å². The average Bonchev–Trinajstić information content (AvgIpc) is 2.62. The van der Waals surface area contributed by atoms with Gasteiger partial charge in [0.05, 0.1) is 19.3 Å². The van der Waals surface area contributed by atoms with E-state index in [4.69, 9.17) is 20.7 Å². The molecule has 0 unspecified atom stereocenters. The summed E-state index contributed by atoms with van der Waals surface area (Å²) in [6.45, 7) is 0. The summed E-state index contributed by atoms with van der Waals surface area (Å²) in [5.74, 6) is -6.97. The Bertz CT molecular complexity index is 738. The maximum atomic E-state index is 11.2. The fourth-order valence-corrected chi connectivity index (χ4v) is 1.67. The molecule has 0 saturated carbocycles. The smallest absolute Gasteiger partial charge is 0.313 e. The number of aromatic hydroxyl groups is 3. The third-order valence-corrected chi connectivity index (χ3v) is 2.97. The van der Waals surface area contributed by atoms with Crippen LogP contribution in [-0.4, -0.2) is 51.1 Å². The lowest BCUT2D eigenvalue weighted by Gasteiger charge is -2.06. The van der Waals surface area contributed by atoms with Crippen LogP contribution in [0.25, 0.3) is 0 Å². The quantitative estimate of drug-likeness (QED) is 0.144. The van der Waals surface area contributed by atoms with E-state index < -0.39 is 67.8 Å². The monoisotopic (exact) mass is 441 g/mol. The molecular weight excluding hydrogens is 422 g/mol.